The van der Waals surface area contributed by atoms with Gasteiger partial charge in [-0.15, -0.1) is 6.42 Å². The third-order valence-corrected chi connectivity index (χ3v) is 4.19. The van der Waals surface area contributed by atoms with Gasteiger partial charge in [-0.1, -0.05) is 5.92 Å². The number of hydrogen-bond acceptors (Lipinski definition) is 3. The lowest BCUT2D eigenvalue weighted by Crippen LogP contribution is -2.48. The summed E-state index contributed by atoms with van der Waals surface area (Å²) in [5.74, 6) is 1.60. The van der Waals surface area contributed by atoms with Crippen molar-refractivity contribution in [2.45, 2.75) is 25.3 Å². The maximum Gasteiger partial charge on any atom is 0.323 e. The van der Waals surface area contributed by atoms with Crippen molar-refractivity contribution in [2.24, 2.45) is 23.5 Å². The molecule has 4 atom stereocenters. The molecule has 5 heteroatoms. The van der Waals surface area contributed by atoms with Gasteiger partial charge < -0.3 is 15.7 Å². The van der Waals surface area contributed by atoms with Crippen molar-refractivity contribution in [1.29, 1.82) is 0 Å². The van der Waals surface area contributed by atoms with E-state index >= 15 is 0 Å². The van der Waals surface area contributed by atoms with Gasteiger partial charge in [0.05, 0.1) is 12.5 Å². The van der Waals surface area contributed by atoms with Crippen LogP contribution in [0, 0.1) is 30.1 Å². The molecule has 0 heterocycles. The number of rotatable bonds is 4. The molecule has 2 bridgehead atoms. The molecule has 0 aromatic rings. The minimum atomic E-state index is -1.05. The van der Waals surface area contributed by atoms with Crippen molar-refractivity contribution in [2.75, 3.05) is 13.1 Å². The smallest absolute Gasteiger partial charge is 0.323 e. The second-order valence-corrected chi connectivity index (χ2v) is 5.23. The summed E-state index contributed by atoms with van der Waals surface area (Å²) in [6.07, 6.45) is 8.29. The Balaban J connectivity index is 2.09. The van der Waals surface area contributed by atoms with Gasteiger partial charge in [-0.25, -0.2) is 0 Å². The molecule has 3 N–H and O–H groups in total. The van der Waals surface area contributed by atoms with Gasteiger partial charge in [0.2, 0.25) is 5.91 Å². The van der Waals surface area contributed by atoms with Crippen molar-refractivity contribution in [3.05, 3.63) is 0 Å². The Morgan fingerprint density at radius 1 is 1.39 bits per heavy atom. The molecule has 2 aliphatic carbocycles. The maximum atomic E-state index is 12.4. The Morgan fingerprint density at radius 3 is 2.56 bits per heavy atom. The van der Waals surface area contributed by atoms with Crippen molar-refractivity contribution in [1.82, 2.24) is 4.90 Å². The van der Waals surface area contributed by atoms with E-state index in [0.717, 1.165) is 19.3 Å². The predicted molar refractivity (Wildman–Crippen MR) is 65.3 cm³/mol. The van der Waals surface area contributed by atoms with Gasteiger partial charge in [0.25, 0.3) is 0 Å². The Kier molecular flexibility index (Phi) is 3.58. The first-order valence-electron chi connectivity index (χ1n) is 6.24. The van der Waals surface area contributed by atoms with Gasteiger partial charge in [-0.2, -0.15) is 0 Å². The first-order chi connectivity index (χ1) is 8.54. The highest BCUT2D eigenvalue weighted by Gasteiger charge is 2.50. The molecular weight excluding hydrogens is 232 g/mol. The largest absolute Gasteiger partial charge is 0.480 e. The Morgan fingerprint density at radius 2 is 2.06 bits per heavy atom. The molecule has 5 nitrogen and oxygen atoms in total. The summed E-state index contributed by atoms with van der Waals surface area (Å²) in [6, 6.07) is -0.134. The number of terminal acetylenes is 1. The minimum absolute atomic E-state index is 0.0335. The van der Waals surface area contributed by atoms with Gasteiger partial charge >= 0.3 is 5.97 Å². The number of fused-ring (bicyclic) bond motifs is 2. The molecule has 0 radical (unpaired) electrons. The zero-order valence-corrected chi connectivity index (χ0v) is 10.2. The standard InChI is InChI=1S/C13H18N2O3/c1-2-5-15(7-10(16)17)13(18)11-8-3-4-9(6-8)12(11)14/h1,8-9,11-12H,3-7,14H2,(H,16,17). The Bertz CT molecular complexity index is 400. The number of nitrogens with zero attached hydrogens (tertiary/aromatic N) is 1. The number of carboxylic acids is 1. The second-order valence-electron chi connectivity index (χ2n) is 5.23. The number of aliphatic carboxylic acids is 1. The van der Waals surface area contributed by atoms with Gasteiger partial charge in [-0.05, 0) is 31.1 Å². The van der Waals surface area contributed by atoms with Crippen molar-refractivity contribution >= 4 is 11.9 Å². The number of nitrogens with two attached hydrogens (primary N) is 1. The van der Waals surface area contributed by atoms with E-state index in [4.69, 9.17) is 17.3 Å². The van der Waals surface area contributed by atoms with Crippen LogP contribution < -0.4 is 5.73 Å². The zero-order valence-electron chi connectivity index (χ0n) is 10.2. The normalized spacial score (nSPS) is 33.1. The molecule has 2 saturated carbocycles. The molecule has 2 aliphatic rings. The molecule has 4 unspecified atom stereocenters. The van der Waals surface area contributed by atoms with E-state index in [-0.39, 0.29) is 31.0 Å². The van der Waals surface area contributed by atoms with Gasteiger partial charge in [0, 0.05) is 6.04 Å². The third kappa shape index (κ3) is 2.21. The van der Waals surface area contributed by atoms with Crippen LogP contribution in [0.4, 0.5) is 0 Å². The molecule has 0 spiro atoms. The summed E-state index contributed by atoms with van der Waals surface area (Å²) in [5.41, 5.74) is 6.08. The number of carbonyl (C=O) groups excluding carboxylic acids is 1. The van der Waals surface area contributed by atoms with E-state index in [1.807, 2.05) is 0 Å². The zero-order chi connectivity index (χ0) is 13.3. The highest BCUT2D eigenvalue weighted by Crippen LogP contribution is 2.48. The van der Waals surface area contributed by atoms with E-state index in [9.17, 15) is 9.59 Å². The van der Waals surface area contributed by atoms with Crippen LogP contribution in [0.2, 0.25) is 0 Å². The first kappa shape index (κ1) is 12.9. The molecule has 0 aliphatic heterocycles. The minimum Gasteiger partial charge on any atom is -0.480 e. The summed E-state index contributed by atoms with van der Waals surface area (Å²) in [7, 11) is 0. The average Bonchev–Trinajstić information content (AvgIpc) is 2.87. The van der Waals surface area contributed by atoms with E-state index in [1.165, 1.54) is 4.90 Å². The van der Waals surface area contributed by atoms with Crippen LogP contribution in [0.5, 0.6) is 0 Å². The van der Waals surface area contributed by atoms with Gasteiger partial charge in [0.15, 0.2) is 0 Å². The summed E-state index contributed by atoms with van der Waals surface area (Å²) in [5, 5.41) is 8.81. The molecule has 98 valence electrons. The van der Waals surface area contributed by atoms with Crippen LogP contribution in [0.15, 0.2) is 0 Å². The van der Waals surface area contributed by atoms with Crippen LogP contribution in [0.25, 0.3) is 0 Å². The first-order valence-corrected chi connectivity index (χ1v) is 6.24. The number of hydrogen-bond donors (Lipinski definition) is 2. The Hall–Kier alpha value is -1.54. The summed E-state index contributed by atoms with van der Waals surface area (Å²) >= 11 is 0. The van der Waals surface area contributed by atoms with E-state index in [1.54, 1.807) is 0 Å². The predicted octanol–water partition coefficient (Wildman–Crippen LogP) is -0.0938. The van der Waals surface area contributed by atoms with Crippen molar-refractivity contribution < 1.29 is 14.7 Å². The SMILES string of the molecule is C#CCN(CC(=O)O)C(=O)C1C2CCC(C2)C1N. The lowest BCUT2D eigenvalue weighted by atomic mass is 9.84. The topological polar surface area (TPSA) is 83.6 Å². The van der Waals surface area contributed by atoms with Gasteiger partial charge in [-0.3, -0.25) is 9.59 Å². The van der Waals surface area contributed by atoms with E-state index in [2.05, 4.69) is 5.92 Å². The maximum absolute atomic E-state index is 12.4. The highest BCUT2D eigenvalue weighted by atomic mass is 16.4. The summed E-state index contributed by atoms with van der Waals surface area (Å²) in [6.45, 7) is -0.310. The molecular formula is C13H18N2O3. The fourth-order valence-corrected chi connectivity index (χ4v) is 3.40. The van der Waals surface area contributed by atoms with E-state index in [0.29, 0.717) is 11.8 Å². The quantitative estimate of drug-likeness (QED) is 0.683. The second kappa shape index (κ2) is 4.99. The number of carbonyl (C=O) groups is 2. The molecule has 18 heavy (non-hydrogen) atoms. The summed E-state index contributed by atoms with van der Waals surface area (Å²) in [4.78, 5) is 24.3. The average molecular weight is 250 g/mol. The molecule has 0 aromatic carbocycles. The van der Waals surface area contributed by atoms with Crippen molar-refractivity contribution in [3.8, 4) is 12.3 Å². The lowest BCUT2D eigenvalue weighted by molar-refractivity contribution is -0.146. The van der Waals surface area contributed by atoms with Crippen LogP contribution in [-0.4, -0.2) is 41.0 Å². The molecule has 0 saturated heterocycles. The van der Waals surface area contributed by atoms with Crippen LogP contribution in [0.3, 0.4) is 0 Å². The number of carboxylic acid groups (broad SMARTS) is 1. The Labute approximate surface area is 106 Å². The highest BCUT2D eigenvalue weighted by molar-refractivity contribution is 5.84. The van der Waals surface area contributed by atoms with Gasteiger partial charge in [0.1, 0.15) is 6.54 Å². The molecule has 2 fully saturated rings. The van der Waals surface area contributed by atoms with E-state index < -0.39 is 5.97 Å². The monoisotopic (exact) mass is 250 g/mol. The van der Waals surface area contributed by atoms with Crippen molar-refractivity contribution in [3.63, 3.8) is 0 Å². The molecule has 0 aromatic heterocycles. The number of amides is 1. The summed E-state index contributed by atoms with van der Waals surface area (Å²) < 4.78 is 0. The fourth-order valence-electron chi connectivity index (χ4n) is 3.40. The third-order valence-electron chi connectivity index (χ3n) is 4.19. The molecule has 1 amide bonds. The lowest BCUT2D eigenvalue weighted by Gasteiger charge is -2.31. The fraction of sp³-hybridized carbons (Fsp3) is 0.692. The van der Waals surface area contributed by atoms with Crippen LogP contribution in [0.1, 0.15) is 19.3 Å². The molecule has 2 rings (SSSR count). The van der Waals surface area contributed by atoms with Crippen LogP contribution >= 0.6 is 0 Å². The van der Waals surface area contributed by atoms with Crippen LogP contribution in [-0.2, 0) is 9.59 Å².